The maximum absolute atomic E-state index is 7.16. The monoisotopic (exact) mass is 727 g/mol. The van der Waals surface area contributed by atoms with E-state index < -0.39 is 0 Å². The van der Waals surface area contributed by atoms with Gasteiger partial charge in [0.25, 0.3) is 0 Å². The van der Waals surface area contributed by atoms with Gasteiger partial charge in [0.05, 0.1) is 16.7 Å². The topological polar surface area (TPSA) is 31.2 Å². The summed E-state index contributed by atoms with van der Waals surface area (Å²) in [5.41, 5.74) is 15.8. The normalized spacial score (nSPS) is 11.9. The van der Waals surface area contributed by atoms with Gasteiger partial charge in [0.1, 0.15) is 16.7 Å². The van der Waals surface area contributed by atoms with Crippen LogP contribution in [-0.2, 0) is 0 Å². The van der Waals surface area contributed by atoms with E-state index in [1.807, 2.05) is 12.1 Å². The lowest BCUT2D eigenvalue weighted by atomic mass is 9.95. The summed E-state index contributed by atoms with van der Waals surface area (Å²) in [7, 11) is 0. The molecule has 0 aliphatic carbocycles. The van der Waals surface area contributed by atoms with E-state index in [-0.39, 0.29) is 0 Å². The van der Waals surface area contributed by atoms with E-state index in [1.54, 1.807) is 0 Å². The Morgan fingerprint density at radius 3 is 1.47 bits per heavy atom. The van der Waals surface area contributed by atoms with E-state index in [0.717, 1.165) is 82.9 Å². The number of fused-ring (bicyclic) bond motifs is 9. The lowest BCUT2D eigenvalue weighted by Crippen LogP contribution is -1.94. The predicted molar refractivity (Wildman–Crippen MR) is 237 cm³/mol. The maximum Gasteiger partial charge on any atom is 0.159 e. The van der Waals surface area contributed by atoms with E-state index in [0.29, 0.717) is 0 Å². The fourth-order valence-electron chi connectivity index (χ4n) is 8.93. The third-order valence-corrected chi connectivity index (χ3v) is 11.6. The van der Waals surface area contributed by atoms with E-state index >= 15 is 0 Å². The van der Waals surface area contributed by atoms with Gasteiger partial charge in [-0.05, 0) is 81.9 Å². The van der Waals surface area contributed by atoms with Crippen molar-refractivity contribution in [3.8, 4) is 50.2 Å². The summed E-state index contributed by atoms with van der Waals surface area (Å²) in [5.74, 6) is 0. The molecule has 0 saturated heterocycles. The molecule has 0 aliphatic heterocycles. The van der Waals surface area contributed by atoms with Crippen LogP contribution >= 0.6 is 0 Å². The van der Waals surface area contributed by atoms with Crippen LogP contribution in [-0.4, -0.2) is 4.57 Å². The van der Waals surface area contributed by atoms with E-state index in [9.17, 15) is 0 Å². The average Bonchev–Trinajstić information content (AvgIpc) is 3.96. The number of hydrogen-bond acceptors (Lipinski definition) is 2. The minimum absolute atomic E-state index is 0.849. The summed E-state index contributed by atoms with van der Waals surface area (Å²) in [6, 6.07) is 71.3. The molecular formula is C54H33NO2. The van der Waals surface area contributed by atoms with E-state index in [4.69, 9.17) is 8.83 Å². The van der Waals surface area contributed by atoms with Crippen molar-refractivity contribution in [3.05, 3.63) is 200 Å². The molecule has 0 fully saturated rings. The molecule has 9 aromatic carbocycles. The molecule has 0 saturated carbocycles. The highest BCUT2D eigenvalue weighted by Gasteiger charge is 2.22. The van der Waals surface area contributed by atoms with Crippen LogP contribution in [0.3, 0.4) is 0 Å². The zero-order valence-electron chi connectivity index (χ0n) is 30.8. The highest BCUT2D eigenvalue weighted by molar-refractivity contribution is 6.17. The van der Waals surface area contributed by atoms with Gasteiger partial charge in [0, 0.05) is 43.4 Å². The number of aromatic nitrogens is 1. The molecule has 266 valence electrons. The molecule has 0 unspecified atom stereocenters. The third kappa shape index (κ3) is 4.92. The van der Waals surface area contributed by atoms with Crippen molar-refractivity contribution < 1.29 is 8.83 Å². The van der Waals surface area contributed by atoms with Gasteiger partial charge >= 0.3 is 0 Å². The highest BCUT2D eigenvalue weighted by Crippen LogP contribution is 2.45. The summed E-state index contributed by atoms with van der Waals surface area (Å²) in [6.07, 6.45) is 0. The molecule has 3 aromatic heterocycles. The van der Waals surface area contributed by atoms with E-state index in [2.05, 4.69) is 193 Å². The van der Waals surface area contributed by atoms with Crippen molar-refractivity contribution in [2.75, 3.05) is 0 Å². The number of furan rings is 2. The van der Waals surface area contributed by atoms with Crippen molar-refractivity contribution in [2.45, 2.75) is 0 Å². The van der Waals surface area contributed by atoms with Crippen molar-refractivity contribution in [3.63, 3.8) is 0 Å². The summed E-state index contributed by atoms with van der Waals surface area (Å²) < 4.78 is 16.1. The number of hydrogen-bond donors (Lipinski definition) is 0. The second kappa shape index (κ2) is 12.5. The minimum atomic E-state index is 0.849. The molecule has 3 nitrogen and oxygen atoms in total. The largest absolute Gasteiger partial charge is 0.455 e. The average molecular weight is 728 g/mol. The molecule has 0 amide bonds. The SMILES string of the molecule is c1ccc(-c2ccc3c(c2)c2cc(-c4ccccc4)ccc2n3-c2cccc3c2oc2c(-c4ccccc4)cc(-c4cccc5c4oc4ccccc45)cc23)cc1. The first-order valence-electron chi connectivity index (χ1n) is 19.4. The molecule has 0 aliphatic rings. The Morgan fingerprint density at radius 1 is 0.281 bits per heavy atom. The van der Waals surface area contributed by atoms with Crippen LogP contribution in [0.2, 0.25) is 0 Å². The Morgan fingerprint density at radius 2 is 0.807 bits per heavy atom. The van der Waals surface area contributed by atoms with Crippen molar-refractivity contribution in [2.24, 2.45) is 0 Å². The van der Waals surface area contributed by atoms with Gasteiger partial charge in [-0.1, -0.05) is 152 Å². The molecule has 0 atom stereocenters. The van der Waals surface area contributed by atoms with Gasteiger partial charge in [-0.25, -0.2) is 0 Å². The molecule has 0 bridgehead atoms. The predicted octanol–water partition coefficient (Wildman–Crippen LogP) is 15.3. The van der Waals surface area contributed by atoms with Crippen LogP contribution in [0, 0.1) is 0 Å². The fraction of sp³-hybridized carbons (Fsp3) is 0. The van der Waals surface area contributed by atoms with Crippen molar-refractivity contribution >= 4 is 65.7 Å². The van der Waals surface area contributed by atoms with Crippen LogP contribution in [0.15, 0.2) is 209 Å². The molecule has 0 spiro atoms. The van der Waals surface area contributed by atoms with Crippen LogP contribution in [0.4, 0.5) is 0 Å². The number of benzene rings is 9. The van der Waals surface area contributed by atoms with Gasteiger partial charge in [0.2, 0.25) is 0 Å². The van der Waals surface area contributed by atoms with Gasteiger partial charge in [-0.2, -0.15) is 0 Å². The molecule has 0 N–H and O–H groups in total. The summed E-state index contributed by atoms with van der Waals surface area (Å²) in [5, 5.41) is 6.76. The fourth-order valence-corrected chi connectivity index (χ4v) is 8.93. The Balaban J connectivity index is 1.14. The summed E-state index contributed by atoms with van der Waals surface area (Å²) in [4.78, 5) is 0. The third-order valence-electron chi connectivity index (χ3n) is 11.6. The maximum atomic E-state index is 7.16. The first-order valence-corrected chi connectivity index (χ1v) is 19.4. The van der Waals surface area contributed by atoms with Gasteiger partial charge < -0.3 is 13.4 Å². The van der Waals surface area contributed by atoms with Crippen LogP contribution < -0.4 is 0 Å². The molecule has 12 rings (SSSR count). The van der Waals surface area contributed by atoms with Crippen molar-refractivity contribution in [1.82, 2.24) is 4.57 Å². The second-order valence-corrected chi connectivity index (χ2v) is 14.8. The zero-order valence-corrected chi connectivity index (χ0v) is 30.8. The molecular weight excluding hydrogens is 695 g/mol. The van der Waals surface area contributed by atoms with Crippen LogP contribution in [0.1, 0.15) is 0 Å². The Bertz CT molecular complexity index is 3400. The molecule has 12 aromatic rings. The molecule has 0 radical (unpaired) electrons. The zero-order chi connectivity index (χ0) is 37.5. The smallest absolute Gasteiger partial charge is 0.159 e. The van der Waals surface area contributed by atoms with Crippen LogP contribution in [0.5, 0.6) is 0 Å². The lowest BCUT2D eigenvalue weighted by Gasteiger charge is -2.09. The van der Waals surface area contributed by atoms with Gasteiger partial charge in [0.15, 0.2) is 5.58 Å². The first kappa shape index (κ1) is 31.7. The minimum Gasteiger partial charge on any atom is -0.455 e. The van der Waals surface area contributed by atoms with Gasteiger partial charge in [-0.15, -0.1) is 0 Å². The summed E-state index contributed by atoms with van der Waals surface area (Å²) in [6.45, 7) is 0. The molecule has 3 heteroatoms. The molecule has 57 heavy (non-hydrogen) atoms. The standard InChI is InChI=1S/C54H33NO2/c1-4-14-34(15-5-1)37-26-28-48-45(30-37)46-31-38(35-16-6-2-7-17-35)27-29-49(46)55(48)50-24-13-23-43-47-33-39(32-44(53(47)57-54(43)50)36-18-8-3-9-19-36)40-21-12-22-42-41-20-10-11-25-51(41)56-52(40)42/h1-33H. The number of rotatable bonds is 5. The second-order valence-electron chi connectivity index (χ2n) is 14.8. The van der Waals surface area contributed by atoms with E-state index in [1.165, 1.54) is 33.0 Å². The van der Waals surface area contributed by atoms with Crippen molar-refractivity contribution in [1.29, 1.82) is 0 Å². The number of para-hydroxylation sites is 3. The lowest BCUT2D eigenvalue weighted by molar-refractivity contribution is 0.667. The molecule has 3 heterocycles. The first-order chi connectivity index (χ1) is 28.3. The summed E-state index contributed by atoms with van der Waals surface area (Å²) >= 11 is 0. The Kier molecular flexibility index (Phi) is 6.93. The van der Waals surface area contributed by atoms with Crippen LogP contribution in [0.25, 0.3) is 116 Å². The van der Waals surface area contributed by atoms with Gasteiger partial charge in [-0.3, -0.25) is 0 Å². The number of nitrogens with zero attached hydrogens (tertiary/aromatic N) is 1. The Hall–Kier alpha value is -7.62. The quantitative estimate of drug-likeness (QED) is 0.177. The highest BCUT2D eigenvalue weighted by atomic mass is 16.3. The Labute approximate surface area is 328 Å².